The topological polar surface area (TPSA) is 235 Å². The van der Waals surface area contributed by atoms with Gasteiger partial charge in [-0.3, -0.25) is 18.4 Å². The molecule has 0 amide bonds. The molecule has 0 aliphatic carbocycles. The van der Waals surface area contributed by atoms with Crippen molar-refractivity contribution in [2.45, 2.75) is 26.5 Å². The minimum absolute atomic E-state index is 0.0934. The molecule has 6 N–H and O–H groups in total. The first-order chi connectivity index (χ1) is 15.3. The Kier molecular flexibility index (Phi) is 6.19. The summed E-state index contributed by atoms with van der Waals surface area (Å²) in [6.07, 6.45) is 0. The van der Waals surface area contributed by atoms with Gasteiger partial charge >= 0.3 is 0 Å². The predicted molar refractivity (Wildman–Crippen MR) is 120 cm³/mol. The fraction of sp³-hybridized carbons (Fsp3) is 0.0588. The Balaban J connectivity index is 2.46. The Morgan fingerprint density at radius 2 is 1.24 bits per heavy atom. The highest BCUT2D eigenvalue weighted by molar-refractivity contribution is 7.92. The summed E-state index contributed by atoms with van der Waals surface area (Å²) in [6.45, 7) is 1.60. The van der Waals surface area contributed by atoms with Crippen LogP contribution in [0.15, 0.2) is 62.0 Å². The molecule has 0 saturated carbocycles. The number of benzene rings is 3. The maximum absolute atomic E-state index is 12.9. The molecule has 34 heavy (non-hydrogen) atoms. The van der Waals surface area contributed by atoms with Crippen LogP contribution in [-0.2, 0) is 40.4 Å². The van der Waals surface area contributed by atoms with E-state index >= 15 is 0 Å². The summed E-state index contributed by atoms with van der Waals surface area (Å²) in [5.74, 6) is 0. The van der Waals surface area contributed by atoms with Gasteiger partial charge in [0.1, 0.15) is 4.90 Å². The molecule has 3 rings (SSSR count). The van der Waals surface area contributed by atoms with Crippen LogP contribution in [0.5, 0.6) is 0 Å². The number of nitrogens with one attached hydrogen (secondary N) is 1. The van der Waals surface area contributed by atoms with Crippen LogP contribution in [-0.4, -0.2) is 47.3 Å². The summed E-state index contributed by atoms with van der Waals surface area (Å²) in [4.78, 5) is -3.57. The van der Waals surface area contributed by atoms with E-state index in [2.05, 4.69) is 0 Å². The zero-order valence-corrected chi connectivity index (χ0v) is 20.1. The van der Waals surface area contributed by atoms with Crippen molar-refractivity contribution in [2.24, 2.45) is 0 Å². The molecule has 17 heteroatoms. The lowest BCUT2D eigenvalue weighted by atomic mass is 10.1. The third-order valence-electron chi connectivity index (χ3n) is 4.64. The van der Waals surface area contributed by atoms with Gasteiger partial charge in [0.2, 0.25) is 0 Å². The molecule has 0 saturated heterocycles. The number of fused-ring (bicyclic) bond motifs is 1. The molecule has 0 heterocycles. The Bertz CT molecular complexity index is 1770. The average Bonchev–Trinajstić information content (AvgIpc) is 2.66. The summed E-state index contributed by atoms with van der Waals surface area (Å²) >= 11 is 0. The predicted octanol–water partition coefficient (Wildman–Crippen LogP) is 1.27. The van der Waals surface area contributed by atoms with Gasteiger partial charge in [-0.15, -0.1) is 0 Å². The van der Waals surface area contributed by atoms with Crippen molar-refractivity contribution in [1.29, 1.82) is 0 Å². The quantitative estimate of drug-likeness (QED) is 0.215. The van der Waals surface area contributed by atoms with Crippen LogP contribution in [0.4, 0.5) is 11.4 Å². The third kappa shape index (κ3) is 5.14. The molecule has 0 atom stereocenters. The van der Waals surface area contributed by atoms with E-state index in [0.29, 0.717) is 29.8 Å². The van der Waals surface area contributed by atoms with Crippen molar-refractivity contribution in [2.75, 3.05) is 10.5 Å². The average molecular weight is 553 g/mol. The summed E-state index contributed by atoms with van der Waals surface area (Å²) in [5.41, 5.74) is 5.61. The van der Waals surface area contributed by atoms with Crippen molar-refractivity contribution >= 4 is 62.5 Å². The highest BCUT2D eigenvalue weighted by atomic mass is 32.2. The standard InChI is InChI=1S/C17H16N2O11S4/c1-9-2-3-11(6-14(9)18)31(20,21)19-15-7-12(32(22,23)24)4-10-5-13(33(25,26)27)8-16(17(10)15)34(28,29)30/h2-8,19H,18H2,1H3,(H,22,23,24)(H,25,26,27)(H,28,29,30). The molecule has 0 aromatic heterocycles. The van der Waals surface area contributed by atoms with E-state index < -0.39 is 76.4 Å². The van der Waals surface area contributed by atoms with Gasteiger partial charge in [-0.2, -0.15) is 25.3 Å². The SMILES string of the molecule is Cc1ccc(S(=O)(=O)Nc2cc(S(=O)(=O)O)cc3cc(S(=O)(=O)O)cc(S(=O)(=O)O)c23)cc1N. The van der Waals surface area contributed by atoms with Crippen LogP contribution >= 0.6 is 0 Å². The first-order valence-electron chi connectivity index (χ1n) is 8.74. The van der Waals surface area contributed by atoms with E-state index in [1.54, 1.807) is 6.92 Å². The molecule has 0 aliphatic rings. The summed E-state index contributed by atoms with van der Waals surface area (Å²) < 4.78 is 127. The van der Waals surface area contributed by atoms with Gasteiger partial charge in [-0.1, -0.05) is 6.07 Å². The van der Waals surface area contributed by atoms with Crippen molar-refractivity contribution in [3.05, 3.63) is 48.0 Å². The minimum atomic E-state index is -5.26. The number of anilines is 2. The monoisotopic (exact) mass is 552 g/mol. The molecule has 0 bridgehead atoms. The Labute approximate surface area is 194 Å². The van der Waals surface area contributed by atoms with Gasteiger partial charge < -0.3 is 5.73 Å². The lowest BCUT2D eigenvalue weighted by molar-refractivity contribution is 0.480. The highest BCUT2D eigenvalue weighted by Crippen LogP contribution is 2.36. The van der Waals surface area contributed by atoms with Crippen molar-refractivity contribution in [3.8, 4) is 0 Å². The number of nitrogens with two attached hydrogens (primary N) is 1. The Hall–Kier alpha value is -2.80. The maximum atomic E-state index is 12.9. The Morgan fingerprint density at radius 1 is 0.706 bits per heavy atom. The van der Waals surface area contributed by atoms with Crippen LogP contribution < -0.4 is 10.5 Å². The van der Waals surface area contributed by atoms with E-state index in [0.717, 1.165) is 12.1 Å². The zero-order valence-electron chi connectivity index (χ0n) is 16.9. The fourth-order valence-corrected chi connectivity index (χ4v) is 6.01. The minimum Gasteiger partial charge on any atom is -0.398 e. The smallest absolute Gasteiger partial charge is 0.295 e. The maximum Gasteiger partial charge on any atom is 0.295 e. The van der Waals surface area contributed by atoms with Crippen LogP contribution in [0.2, 0.25) is 0 Å². The van der Waals surface area contributed by atoms with Gasteiger partial charge in [-0.25, -0.2) is 8.42 Å². The van der Waals surface area contributed by atoms with E-state index in [1.165, 1.54) is 6.07 Å². The molecular weight excluding hydrogens is 536 g/mol. The molecule has 3 aromatic rings. The van der Waals surface area contributed by atoms with Gasteiger partial charge in [0.25, 0.3) is 40.4 Å². The van der Waals surface area contributed by atoms with E-state index in [4.69, 9.17) is 5.73 Å². The van der Waals surface area contributed by atoms with Crippen LogP contribution in [0.1, 0.15) is 5.56 Å². The van der Waals surface area contributed by atoms with Gasteiger partial charge in [0, 0.05) is 11.1 Å². The van der Waals surface area contributed by atoms with Crippen LogP contribution in [0.3, 0.4) is 0 Å². The molecular formula is C17H16N2O11S4. The van der Waals surface area contributed by atoms with Crippen molar-refractivity contribution in [3.63, 3.8) is 0 Å². The molecule has 0 unspecified atom stereocenters. The summed E-state index contributed by atoms with van der Waals surface area (Å²) in [5, 5.41) is -1.22. The first kappa shape index (κ1) is 25.8. The van der Waals surface area contributed by atoms with Crippen molar-refractivity contribution in [1.82, 2.24) is 0 Å². The fourth-order valence-electron chi connectivity index (χ4n) is 2.99. The lowest BCUT2D eigenvalue weighted by Gasteiger charge is -2.16. The van der Waals surface area contributed by atoms with Crippen LogP contribution in [0, 0.1) is 6.92 Å². The first-order valence-corrected chi connectivity index (χ1v) is 14.5. The number of rotatable bonds is 6. The molecule has 0 radical (unpaired) electrons. The summed E-state index contributed by atoms with van der Waals surface area (Å²) in [6, 6.07) is 5.76. The normalized spacial score (nSPS) is 13.2. The zero-order chi connectivity index (χ0) is 25.9. The van der Waals surface area contributed by atoms with Gasteiger partial charge in [-0.05, 0) is 54.3 Å². The molecule has 0 spiro atoms. The van der Waals surface area contributed by atoms with E-state index in [1.807, 2.05) is 4.72 Å². The molecule has 13 nitrogen and oxygen atoms in total. The molecule has 0 fully saturated rings. The van der Waals surface area contributed by atoms with Crippen molar-refractivity contribution < 1.29 is 47.3 Å². The second-order valence-corrected chi connectivity index (χ2v) is 13.0. The number of hydrogen-bond acceptors (Lipinski definition) is 9. The number of sulfonamides is 1. The Morgan fingerprint density at radius 3 is 1.71 bits per heavy atom. The lowest BCUT2D eigenvalue weighted by Crippen LogP contribution is -2.15. The van der Waals surface area contributed by atoms with Gasteiger partial charge in [0.15, 0.2) is 0 Å². The molecule has 184 valence electrons. The molecule has 0 aliphatic heterocycles. The second-order valence-electron chi connectivity index (χ2n) is 7.04. The van der Waals surface area contributed by atoms with Crippen LogP contribution in [0.25, 0.3) is 10.8 Å². The van der Waals surface area contributed by atoms with Gasteiger partial charge in [0.05, 0.1) is 20.4 Å². The number of aryl methyl sites for hydroxylation is 1. The third-order valence-corrected chi connectivity index (χ3v) is 8.54. The largest absolute Gasteiger partial charge is 0.398 e. The van der Waals surface area contributed by atoms with E-state index in [9.17, 15) is 47.3 Å². The van der Waals surface area contributed by atoms with E-state index in [-0.39, 0.29) is 5.69 Å². The second kappa shape index (κ2) is 8.15. The number of nitrogen functional groups attached to an aromatic ring is 1. The molecule has 3 aromatic carbocycles. The summed E-state index contributed by atoms with van der Waals surface area (Å²) in [7, 11) is -19.9. The number of hydrogen-bond donors (Lipinski definition) is 5. The highest BCUT2D eigenvalue weighted by Gasteiger charge is 2.27.